The van der Waals surface area contributed by atoms with E-state index in [-0.39, 0.29) is 17.6 Å². The molecule has 0 radical (unpaired) electrons. The summed E-state index contributed by atoms with van der Waals surface area (Å²) in [5.41, 5.74) is 1.51. The molecule has 0 atom stereocenters. The zero-order valence-corrected chi connectivity index (χ0v) is 14.5. The van der Waals surface area contributed by atoms with Gasteiger partial charge in [0.15, 0.2) is 17.2 Å². The number of aryl methyl sites for hydroxylation is 1. The van der Waals surface area contributed by atoms with E-state index in [1.165, 1.54) is 6.07 Å². The van der Waals surface area contributed by atoms with Crippen LogP contribution in [0.4, 0.5) is 0 Å². The van der Waals surface area contributed by atoms with Crippen LogP contribution in [0.3, 0.4) is 0 Å². The molecule has 5 nitrogen and oxygen atoms in total. The lowest BCUT2D eigenvalue weighted by molar-refractivity contribution is 0.0736. The number of halogens is 2. The third-order valence-corrected chi connectivity index (χ3v) is 4.37. The van der Waals surface area contributed by atoms with E-state index in [1.54, 1.807) is 18.2 Å². The first kappa shape index (κ1) is 16.0. The highest BCUT2D eigenvalue weighted by molar-refractivity contribution is 6.39. The quantitative estimate of drug-likeness (QED) is 0.475. The molecule has 3 aromatic rings. The Morgan fingerprint density at radius 1 is 1.08 bits per heavy atom. The second-order valence-corrected chi connectivity index (χ2v) is 6.29. The first-order chi connectivity index (χ1) is 12.0. The Hall–Kier alpha value is -2.50. The molecule has 126 valence electrons. The van der Waals surface area contributed by atoms with E-state index in [1.807, 2.05) is 19.1 Å². The number of esters is 1. The van der Waals surface area contributed by atoms with Crippen molar-refractivity contribution in [2.75, 3.05) is 6.79 Å². The topological polar surface area (TPSA) is 57.7 Å². The molecule has 0 aliphatic carbocycles. The lowest BCUT2D eigenvalue weighted by Crippen LogP contribution is -2.09. The van der Waals surface area contributed by atoms with Crippen molar-refractivity contribution in [3.63, 3.8) is 0 Å². The number of benzene rings is 2. The van der Waals surface area contributed by atoms with E-state index in [9.17, 15) is 4.79 Å². The Labute approximate surface area is 153 Å². The smallest absolute Gasteiger partial charge is 0.343 e. The van der Waals surface area contributed by atoms with Crippen LogP contribution in [0, 0.1) is 6.92 Å². The number of carbonyl (C=O) groups is 1. The lowest BCUT2D eigenvalue weighted by Gasteiger charge is -2.11. The van der Waals surface area contributed by atoms with E-state index in [2.05, 4.69) is 4.98 Å². The van der Waals surface area contributed by atoms with Crippen LogP contribution < -0.4 is 14.2 Å². The van der Waals surface area contributed by atoms with Gasteiger partial charge >= 0.3 is 5.97 Å². The predicted molar refractivity (Wildman–Crippen MR) is 94.0 cm³/mol. The Morgan fingerprint density at radius 3 is 2.72 bits per heavy atom. The molecule has 25 heavy (non-hydrogen) atoms. The summed E-state index contributed by atoms with van der Waals surface area (Å²) >= 11 is 12.4. The summed E-state index contributed by atoms with van der Waals surface area (Å²) < 4.78 is 16.0. The average molecular weight is 376 g/mol. The first-order valence-electron chi connectivity index (χ1n) is 7.40. The Kier molecular flexibility index (Phi) is 3.90. The van der Waals surface area contributed by atoms with Gasteiger partial charge in [0, 0.05) is 11.1 Å². The molecule has 1 aliphatic rings. The van der Waals surface area contributed by atoms with Crippen molar-refractivity contribution in [1.82, 2.24) is 4.98 Å². The second-order valence-electron chi connectivity index (χ2n) is 5.48. The van der Waals surface area contributed by atoms with Crippen LogP contribution in [0.1, 0.15) is 16.1 Å². The molecule has 0 fully saturated rings. The van der Waals surface area contributed by atoms with Gasteiger partial charge in [0.1, 0.15) is 5.52 Å². The van der Waals surface area contributed by atoms with E-state index in [4.69, 9.17) is 37.4 Å². The largest absolute Gasteiger partial charge is 0.454 e. The number of ether oxygens (including phenoxy) is 3. The van der Waals surface area contributed by atoms with Crippen LogP contribution in [-0.2, 0) is 0 Å². The van der Waals surface area contributed by atoms with E-state index < -0.39 is 5.97 Å². The number of carbonyl (C=O) groups excluding carboxylic acids is 1. The summed E-state index contributed by atoms with van der Waals surface area (Å²) in [7, 11) is 0. The molecule has 2 heterocycles. The Balaban J connectivity index is 1.75. The Morgan fingerprint density at radius 2 is 1.88 bits per heavy atom. The number of fused-ring (bicyclic) bond motifs is 2. The van der Waals surface area contributed by atoms with E-state index in [0.717, 1.165) is 5.69 Å². The van der Waals surface area contributed by atoms with Crippen molar-refractivity contribution in [2.45, 2.75) is 6.92 Å². The second kappa shape index (κ2) is 6.10. The predicted octanol–water partition coefficient (Wildman–Crippen LogP) is 4.80. The van der Waals surface area contributed by atoms with Crippen LogP contribution in [-0.4, -0.2) is 17.7 Å². The summed E-state index contributed by atoms with van der Waals surface area (Å²) in [6.07, 6.45) is 0. The molecular formula is C18H11Cl2NO4. The zero-order valence-electron chi connectivity index (χ0n) is 13.0. The van der Waals surface area contributed by atoms with Gasteiger partial charge in [-0.3, -0.25) is 0 Å². The van der Waals surface area contributed by atoms with Gasteiger partial charge in [-0.05, 0) is 43.3 Å². The summed E-state index contributed by atoms with van der Waals surface area (Å²) in [6, 6.07) is 9.99. The first-order valence-corrected chi connectivity index (χ1v) is 8.16. The van der Waals surface area contributed by atoms with Gasteiger partial charge in [0.2, 0.25) is 6.79 Å². The molecule has 0 saturated heterocycles. The fraction of sp³-hybridized carbons (Fsp3) is 0.111. The number of aromatic nitrogens is 1. The van der Waals surface area contributed by atoms with Gasteiger partial charge in [0.25, 0.3) is 0 Å². The molecule has 0 saturated carbocycles. The SMILES string of the molecule is Cc1ccc2c(Cl)cc(Cl)c(OC(=O)c3ccc4c(c3)OCO4)c2n1. The molecule has 1 aromatic heterocycles. The van der Waals surface area contributed by atoms with Crippen molar-refractivity contribution < 1.29 is 19.0 Å². The molecule has 1 aliphatic heterocycles. The van der Waals surface area contributed by atoms with Crippen LogP contribution in [0.5, 0.6) is 17.2 Å². The normalized spacial score (nSPS) is 12.4. The molecule has 7 heteroatoms. The minimum Gasteiger partial charge on any atom is -0.454 e. The molecule has 0 unspecified atom stereocenters. The van der Waals surface area contributed by atoms with Crippen LogP contribution >= 0.6 is 23.2 Å². The molecule has 2 aromatic carbocycles. The fourth-order valence-electron chi connectivity index (χ4n) is 2.56. The number of rotatable bonds is 2. The minimum absolute atomic E-state index is 0.130. The Bertz CT molecular complexity index is 1020. The summed E-state index contributed by atoms with van der Waals surface area (Å²) in [6.45, 7) is 1.96. The maximum atomic E-state index is 12.5. The van der Waals surface area contributed by atoms with Gasteiger partial charge in [-0.15, -0.1) is 0 Å². The van der Waals surface area contributed by atoms with Crippen LogP contribution in [0.25, 0.3) is 10.9 Å². The number of nitrogens with zero attached hydrogens (tertiary/aromatic N) is 1. The van der Waals surface area contributed by atoms with Crippen molar-refractivity contribution in [2.24, 2.45) is 0 Å². The number of pyridine rings is 1. The maximum Gasteiger partial charge on any atom is 0.343 e. The van der Waals surface area contributed by atoms with Crippen molar-refractivity contribution in [3.8, 4) is 17.2 Å². The van der Waals surface area contributed by atoms with E-state index >= 15 is 0 Å². The molecular weight excluding hydrogens is 365 g/mol. The monoisotopic (exact) mass is 375 g/mol. The standard InChI is InChI=1S/C18H11Cl2NO4/c1-9-2-4-11-12(19)7-13(20)17(16(11)21-9)25-18(22)10-3-5-14-15(6-10)24-8-23-14/h2-7H,8H2,1H3. The van der Waals surface area contributed by atoms with Crippen molar-refractivity contribution >= 4 is 40.1 Å². The summed E-state index contributed by atoms with van der Waals surface area (Å²) in [5.74, 6) is 0.679. The molecule has 0 amide bonds. The molecule has 0 N–H and O–H groups in total. The van der Waals surface area contributed by atoms with Crippen LogP contribution in [0.2, 0.25) is 10.0 Å². The molecule has 4 rings (SSSR count). The third-order valence-electron chi connectivity index (χ3n) is 3.78. The van der Waals surface area contributed by atoms with Gasteiger partial charge in [-0.1, -0.05) is 23.2 Å². The van der Waals surface area contributed by atoms with Gasteiger partial charge < -0.3 is 14.2 Å². The highest BCUT2D eigenvalue weighted by Crippen LogP contribution is 2.38. The van der Waals surface area contributed by atoms with Crippen LogP contribution in [0.15, 0.2) is 36.4 Å². The molecule has 0 spiro atoms. The van der Waals surface area contributed by atoms with E-state index in [0.29, 0.717) is 33.0 Å². The molecule has 0 bridgehead atoms. The van der Waals surface area contributed by atoms with Crippen molar-refractivity contribution in [3.05, 3.63) is 57.7 Å². The highest BCUT2D eigenvalue weighted by Gasteiger charge is 2.20. The van der Waals surface area contributed by atoms with Gasteiger partial charge in [-0.25, -0.2) is 9.78 Å². The third kappa shape index (κ3) is 2.86. The lowest BCUT2D eigenvalue weighted by atomic mass is 10.1. The van der Waals surface area contributed by atoms with Gasteiger partial charge in [-0.2, -0.15) is 0 Å². The number of hydrogen-bond donors (Lipinski definition) is 0. The average Bonchev–Trinajstić information content (AvgIpc) is 3.05. The van der Waals surface area contributed by atoms with Gasteiger partial charge in [0.05, 0.1) is 15.6 Å². The summed E-state index contributed by atoms with van der Waals surface area (Å²) in [5, 5.41) is 1.31. The van der Waals surface area contributed by atoms with Crippen molar-refractivity contribution in [1.29, 1.82) is 0 Å². The number of hydrogen-bond acceptors (Lipinski definition) is 5. The highest BCUT2D eigenvalue weighted by atomic mass is 35.5. The zero-order chi connectivity index (χ0) is 17.6. The fourth-order valence-corrected chi connectivity index (χ4v) is 3.12. The maximum absolute atomic E-state index is 12.5. The minimum atomic E-state index is -0.577. The summed E-state index contributed by atoms with van der Waals surface area (Å²) in [4.78, 5) is 17.0.